The Bertz CT molecular complexity index is 491. The molecule has 0 aliphatic carbocycles. The molecule has 0 aromatic heterocycles. The molecule has 1 aromatic rings. The molecule has 1 aromatic carbocycles. The number of carbonyl (C=O) groups excluding carboxylic acids is 2. The molecule has 0 radical (unpaired) electrons. The lowest BCUT2D eigenvalue weighted by atomic mass is 9.89. The smallest absolute Gasteiger partial charge is 0.227 e. The maximum Gasteiger partial charge on any atom is 0.227 e. The summed E-state index contributed by atoms with van der Waals surface area (Å²) in [4.78, 5) is 23.0. The zero-order valence-corrected chi connectivity index (χ0v) is 13.6. The fourth-order valence-electron chi connectivity index (χ4n) is 2.58. The molecule has 0 saturated heterocycles. The number of hydrogen-bond donors (Lipinski definition) is 3. The Morgan fingerprint density at radius 1 is 1.00 bits per heavy atom. The van der Waals surface area contributed by atoms with Crippen molar-refractivity contribution in [3.05, 3.63) is 24.3 Å². The van der Waals surface area contributed by atoms with Crippen LogP contribution in [0.3, 0.4) is 0 Å². The molecule has 5 heteroatoms. The number of carbonyl (C=O) groups is 2. The molecule has 122 valence electrons. The van der Waals surface area contributed by atoms with E-state index in [0.717, 1.165) is 12.8 Å². The van der Waals surface area contributed by atoms with Crippen LogP contribution < -0.4 is 10.6 Å². The zero-order valence-electron chi connectivity index (χ0n) is 13.6. The Labute approximate surface area is 132 Å². The van der Waals surface area contributed by atoms with E-state index >= 15 is 0 Å². The van der Waals surface area contributed by atoms with Gasteiger partial charge in [0.25, 0.3) is 0 Å². The number of aliphatic hydroxyl groups is 1. The standard InChI is InChI=1S/C17H26N2O3/c1-4-10-17(22,11-5-2)12-16(21)19-15-8-6-14(7-9-15)18-13(3)20/h6-9,22H,4-5,10-12H2,1-3H3,(H,18,20)(H,19,21). The minimum Gasteiger partial charge on any atom is -0.389 e. The topological polar surface area (TPSA) is 78.4 Å². The van der Waals surface area contributed by atoms with Gasteiger partial charge in [0.05, 0.1) is 12.0 Å². The molecule has 5 nitrogen and oxygen atoms in total. The van der Waals surface area contributed by atoms with Gasteiger partial charge in [-0.3, -0.25) is 9.59 Å². The van der Waals surface area contributed by atoms with Gasteiger partial charge in [-0.1, -0.05) is 26.7 Å². The lowest BCUT2D eigenvalue weighted by Crippen LogP contribution is -2.33. The van der Waals surface area contributed by atoms with Crippen molar-refractivity contribution in [3.8, 4) is 0 Å². The van der Waals surface area contributed by atoms with Crippen molar-refractivity contribution in [3.63, 3.8) is 0 Å². The minimum absolute atomic E-state index is 0.0993. The van der Waals surface area contributed by atoms with Gasteiger partial charge < -0.3 is 15.7 Å². The predicted molar refractivity (Wildman–Crippen MR) is 88.8 cm³/mol. The summed E-state index contributed by atoms with van der Waals surface area (Å²) < 4.78 is 0. The van der Waals surface area contributed by atoms with E-state index in [1.54, 1.807) is 24.3 Å². The van der Waals surface area contributed by atoms with E-state index in [1.165, 1.54) is 6.92 Å². The third-order valence-corrected chi connectivity index (χ3v) is 3.41. The minimum atomic E-state index is -0.927. The predicted octanol–water partition coefficient (Wildman–Crippen LogP) is 3.30. The molecular weight excluding hydrogens is 280 g/mol. The third kappa shape index (κ3) is 6.26. The molecule has 3 N–H and O–H groups in total. The van der Waals surface area contributed by atoms with Gasteiger partial charge in [0.2, 0.25) is 11.8 Å². The summed E-state index contributed by atoms with van der Waals surface area (Å²) in [6, 6.07) is 6.90. The number of anilines is 2. The van der Waals surface area contributed by atoms with Crippen molar-refractivity contribution >= 4 is 23.2 Å². The molecule has 2 amide bonds. The first-order valence-corrected chi connectivity index (χ1v) is 7.78. The van der Waals surface area contributed by atoms with Crippen molar-refractivity contribution in [2.75, 3.05) is 10.6 Å². The molecule has 0 aliphatic rings. The van der Waals surface area contributed by atoms with E-state index < -0.39 is 5.60 Å². The Morgan fingerprint density at radius 3 is 1.86 bits per heavy atom. The van der Waals surface area contributed by atoms with Crippen LogP contribution in [0.1, 0.15) is 52.9 Å². The molecule has 0 bridgehead atoms. The van der Waals surface area contributed by atoms with Crippen LogP contribution in [0.4, 0.5) is 11.4 Å². The lowest BCUT2D eigenvalue weighted by molar-refractivity contribution is -0.121. The third-order valence-electron chi connectivity index (χ3n) is 3.41. The van der Waals surface area contributed by atoms with Crippen LogP contribution in [-0.4, -0.2) is 22.5 Å². The average Bonchev–Trinajstić information content (AvgIpc) is 2.40. The van der Waals surface area contributed by atoms with E-state index in [1.807, 2.05) is 13.8 Å². The summed E-state index contributed by atoms with van der Waals surface area (Å²) in [5.74, 6) is -0.336. The highest BCUT2D eigenvalue weighted by molar-refractivity contribution is 5.92. The van der Waals surface area contributed by atoms with Crippen molar-refractivity contribution < 1.29 is 14.7 Å². The van der Waals surface area contributed by atoms with E-state index in [0.29, 0.717) is 24.2 Å². The summed E-state index contributed by atoms with van der Waals surface area (Å²) in [6.45, 7) is 5.44. The monoisotopic (exact) mass is 306 g/mol. The van der Waals surface area contributed by atoms with Gasteiger partial charge >= 0.3 is 0 Å². The van der Waals surface area contributed by atoms with Crippen LogP contribution in [0.5, 0.6) is 0 Å². The summed E-state index contributed by atoms with van der Waals surface area (Å²) in [7, 11) is 0. The average molecular weight is 306 g/mol. The highest BCUT2D eigenvalue weighted by Gasteiger charge is 2.28. The second kappa shape index (κ2) is 8.54. The first-order valence-electron chi connectivity index (χ1n) is 7.78. The fourth-order valence-corrected chi connectivity index (χ4v) is 2.58. The van der Waals surface area contributed by atoms with Crippen LogP contribution in [0.2, 0.25) is 0 Å². The van der Waals surface area contributed by atoms with Crippen molar-refractivity contribution in [2.24, 2.45) is 0 Å². The van der Waals surface area contributed by atoms with Crippen molar-refractivity contribution in [2.45, 2.75) is 58.5 Å². The van der Waals surface area contributed by atoms with Gasteiger partial charge in [-0.25, -0.2) is 0 Å². The lowest BCUT2D eigenvalue weighted by Gasteiger charge is -2.26. The Morgan fingerprint density at radius 2 is 1.45 bits per heavy atom. The number of nitrogens with one attached hydrogen (secondary N) is 2. The van der Waals surface area contributed by atoms with Crippen LogP contribution in [0.25, 0.3) is 0 Å². The maximum absolute atomic E-state index is 12.1. The van der Waals surface area contributed by atoms with Crippen LogP contribution >= 0.6 is 0 Å². The van der Waals surface area contributed by atoms with Gasteiger partial charge in [-0.05, 0) is 37.1 Å². The molecule has 1 rings (SSSR count). The molecule has 0 aliphatic heterocycles. The molecule has 0 fully saturated rings. The van der Waals surface area contributed by atoms with E-state index in [9.17, 15) is 14.7 Å². The van der Waals surface area contributed by atoms with Gasteiger partial charge in [0, 0.05) is 18.3 Å². The molecule has 0 saturated carbocycles. The molecule has 0 atom stereocenters. The quantitative estimate of drug-likeness (QED) is 0.689. The number of hydrogen-bond acceptors (Lipinski definition) is 3. The van der Waals surface area contributed by atoms with Crippen LogP contribution in [0.15, 0.2) is 24.3 Å². The van der Waals surface area contributed by atoms with Crippen molar-refractivity contribution in [1.29, 1.82) is 0 Å². The molecule has 0 unspecified atom stereocenters. The highest BCUT2D eigenvalue weighted by atomic mass is 16.3. The van der Waals surface area contributed by atoms with Gasteiger partial charge in [0.15, 0.2) is 0 Å². The van der Waals surface area contributed by atoms with E-state index in [2.05, 4.69) is 10.6 Å². The van der Waals surface area contributed by atoms with E-state index in [-0.39, 0.29) is 18.2 Å². The summed E-state index contributed by atoms with van der Waals surface area (Å²) in [5, 5.41) is 15.9. The summed E-state index contributed by atoms with van der Waals surface area (Å²) in [6.07, 6.45) is 3.03. The van der Waals surface area contributed by atoms with Gasteiger partial charge in [-0.15, -0.1) is 0 Å². The fraction of sp³-hybridized carbons (Fsp3) is 0.529. The number of rotatable bonds is 8. The normalized spacial score (nSPS) is 11.1. The second-order valence-corrected chi connectivity index (χ2v) is 5.71. The number of amides is 2. The molecule has 0 spiro atoms. The highest BCUT2D eigenvalue weighted by Crippen LogP contribution is 2.24. The SMILES string of the molecule is CCCC(O)(CCC)CC(=O)Nc1ccc(NC(C)=O)cc1. The van der Waals surface area contributed by atoms with Crippen molar-refractivity contribution in [1.82, 2.24) is 0 Å². The zero-order chi connectivity index (χ0) is 16.6. The molecule has 22 heavy (non-hydrogen) atoms. The molecule has 0 heterocycles. The first kappa shape index (κ1) is 18.2. The van der Waals surface area contributed by atoms with Gasteiger partial charge in [0.1, 0.15) is 0 Å². The van der Waals surface area contributed by atoms with Crippen LogP contribution in [-0.2, 0) is 9.59 Å². The Hall–Kier alpha value is -1.88. The first-order chi connectivity index (χ1) is 10.4. The van der Waals surface area contributed by atoms with Gasteiger partial charge in [-0.2, -0.15) is 0 Å². The summed E-state index contributed by atoms with van der Waals surface area (Å²) >= 11 is 0. The maximum atomic E-state index is 12.1. The number of benzene rings is 1. The largest absolute Gasteiger partial charge is 0.389 e. The van der Waals surface area contributed by atoms with E-state index in [4.69, 9.17) is 0 Å². The second-order valence-electron chi connectivity index (χ2n) is 5.71. The molecular formula is C17H26N2O3. The van der Waals surface area contributed by atoms with Crippen LogP contribution in [0, 0.1) is 0 Å². The summed E-state index contributed by atoms with van der Waals surface area (Å²) in [5.41, 5.74) is 0.400. The Balaban J connectivity index is 2.61. The Kier molecular flexibility index (Phi) is 7.05.